The van der Waals surface area contributed by atoms with Crippen molar-refractivity contribution in [1.82, 2.24) is 10.2 Å². The lowest BCUT2D eigenvalue weighted by atomic mass is 10.4. The highest BCUT2D eigenvalue weighted by Gasteiger charge is 2.25. The lowest BCUT2D eigenvalue weighted by molar-refractivity contribution is -0.119. The minimum Gasteiger partial charge on any atom is -0.327 e. The first-order valence-electron chi connectivity index (χ1n) is 4.74. The normalized spacial score (nSPS) is 15.0. The highest BCUT2D eigenvalue weighted by molar-refractivity contribution is 6.19. The number of carbonyl (C=O) groups is 2. The summed E-state index contributed by atoms with van der Waals surface area (Å²) in [5.74, 6) is 0.562. The van der Waals surface area contributed by atoms with Crippen molar-refractivity contribution in [3.8, 4) is 0 Å². The van der Waals surface area contributed by atoms with Gasteiger partial charge in [-0.2, -0.15) is 0 Å². The van der Waals surface area contributed by atoms with Gasteiger partial charge in [-0.15, -0.1) is 11.6 Å². The quantitative estimate of drug-likeness (QED) is 0.721. The van der Waals surface area contributed by atoms with Crippen molar-refractivity contribution in [3.63, 3.8) is 0 Å². The van der Waals surface area contributed by atoms with Crippen molar-refractivity contribution in [2.45, 2.75) is 19.3 Å². The summed E-state index contributed by atoms with van der Waals surface area (Å²) >= 11 is 5.37. The number of carbonyl (C=O) groups excluding carboxylic acids is 2. The molecule has 14 heavy (non-hydrogen) atoms. The molecule has 4 nitrogen and oxygen atoms in total. The number of nitrogens with one attached hydrogen (secondary N) is 1. The molecule has 0 saturated heterocycles. The van der Waals surface area contributed by atoms with Crippen LogP contribution in [0.25, 0.3) is 0 Å². The molecule has 1 saturated carbocycles. The minimum atomic E-state index is -0.327. The summed E-state index contributed by atoms with van der Waals surface area (Å²) < 4.78 is 0. The Morgan fingerprint density at radius 3 is 2.64 bits per heavy atom. The van der Waals surface area contributed by atoms with E-state index in [9.17, 15) is 9.59 Å². The summed E-state index contributed by atoms with van der Waals surface area (Å²) in [6.45, 7) is 0.736. The fraction of sp³-hybridized carbons (Fsp3) is 0.778. The van der Waals surface area contributed by atoms with Crippen LogP contribution in [0.5, 0.6) is 0 Å². The van der Waals surface area contributed by atoms with E-state index >= 15 is 0 Å². The van der Waals surface area contributed by atoms with Crippen LogP contribution in [-0.2, 0) is 4.79 Å². The van der Waals surface area contributed by atoms with Gasteiger partial charge in [0.2, 0.25) is 5.91 Å². The highest BCUT2D eigenvalue weighted by atomic mass is 35.5. The number of imide groups is 1. The van der Waals surface area contributed by atoms with Crippen LogP contribution in [0, 0.1) is 5.92 Å². The van der Waals surface area contributed by atoms with E-state index in [2.05, 4.69) is 5.32 Å². The molecule has 0 aliphatic heterocycles. The van der Waals surface area contributed by atoms with E-state index in [1.165, 1.54) is 12.8 Å². The van der Waals surface area contributed by atoms with Crippen molar-refractivity contribution in [1.29, 1.82) is 0 Å². The second-order valence-corrected chi connectivity index (χ2v) is 3.99. The summed E-state index contributed by atoms with van der Waals surface area (Å²) in [4.78, 5) is 23.9. The molecule has 0 heterocycles. The van der Waals surface area contributed by atoms with Crippen LogP contribution in [0.4, 0.5) is 4.79 Å². The summed E-state index contributed by atoms with van der Waals surface area (Å²) in [6.07, 6.45) is 2.56. The number of hydrogen-bond acceptors (Lipinski definition) is 2. The molecule has 80 valence electrons. The Morgan fingerprint density at radius 1 is 1.50 bits per heavy atom. The molecule has 1 N–H and O–H groups in total. The zero-order valence-corrected chi connectivity index (χ0v) is 9.01. The van der Waals surface area contributed by atoms with Gasteiger partial charge in [0.1, 0.15) is 0 Å². The van der Waals surface area contributed by atoms with Gasteiger partial charge in [-0.05, 0) is 18.8 Å². The van der Waals surface area contributed by atoms with Crippen LogP contribution in [0.3, 0.4) is 0 Å². The molecular weight excluding hydrogens is 204 g/mol. The second kappa shape index (κ2) is 5.20. The molecule has 0 aromatic heterocycles. The summed E-state index contributed by atoms with van der Waals surface area (Å²) in [6, 6.07) is -0.327. The van der Waals surface area contributed by atoms with Crippen molar-refractivity contribution in [3.05, 3.63) is 0 Å². The molecule has 0 spiro atoms. The number of amides is 3. The molecular formula is C9H15ClN2O2. The average molecular weight is 219 g/mol. The molecule has 1 rings (SSSR count). The molecule has 0 atom stereocenters. The Labute approximate surface area is 88.6 Å². The van der Waals surface area contributed by atoms with Crippen LogP contribution < -0.4 is 5.32 Å². The molecule has 0 aromatic rings. The lowest BCUT2D eigenvalue weighted by Crippen LogP contribution is -2.41. The zero-order valence-electron chi connectivity index (χ0n) is 8.25. The second-order valence-electron chi connectivity index (χ2n) is 3.62. The summed E-state index contributed by atoms with van der Waals surface area (Å²) in [7, 11) is 1.70. The first-order chi connectivity index (χ1) is 6.63. The maximum absolute atomic E-state index is 11.3. The molecule has 1 aliphatic rings. The zero-order chi connectivity index (χ0) is 10.6. The molecule has 1 aliphatic carbocycles. The van der Waals surface area contributed by atoms with Crippen molar-refractivity contribution < 1.29 is 9.59 Å². The maximum Gasteiger partial charge on any atom is 0.323 e. The lowest BCUT2D eigenvalue weighted by Gasteiger charge is -2.16. The number of rotatable bonds is 4. The van der Waals surface area contributed by atoms with Crippen LogP contribution in [0.15, 0.2) is 0 Å². The summed E-state index contributed by atoms with van der Waals surface area (Å²) in [5, 5.41) is 2.28. The van der Waals surface area contributed by atoms with Gasteiger partial charge in [0, 0.05) is 25.9 Å². The topological polar surface area (TPSA) is 49.4 Å². The van der Waals surface area contributed by atoms with E-state index < -0.39 is 0 Å². The first kappa shape index (κ1) is 11.3. The van der Waals surface area contributed by atoms with Gasteiger partial charge < -0.3 is 4.90 Å². The van der Waals surface area contributed by atoms with E-state index in [-0.39, 0.29) is 24.2 Å². The molecule has 0 radical (unpaired) electrons. The third-order valence-corrected chi connectivity index (χ3v) is 2.33. The maximum atomic E-state index is 11.3. The van der Waals surface area contributed by atoms with Crippen molar-refractivity contribution in [2.75, 3.05) is 19.5 Å². The monoisotopic (exact) mass is 218 g/mol. The van der Waals surface area contributed by atoms with Crippen LogP contribution in [0.1, 0.15) is 19.3 Å². The number of halogens is 1. The first-order valence-corrected chi connectivity index (χ1v) is 5.28. The molecule has 5 heteroatoms. The van der Waals surface area contributed by atoms with Crippen LogP contribution in [0.2, 0.25) is 0 Å². The Bertz CT molecular complexity index is 229. The number of nitrogens with zero attached hydrogens (tertiary/aromatic N) is 1. The minimum absolute atomic E-state index is 0.185. The van der Waals surface area contributed by atoms with Crippen LogP contribution >= 0.6 is 11.6 Å². The van der Waals surface area contributed by atoms with E-state index in [1.54, 1.807) is 11.9 Å². The van der Waals surface area contributed by atoms with E-state index in [4.69, 9.17) is 11.6 Å². The van der Waals surface area contributed by atoms with Crippen molar-refractivity contribution >= 4 is 23.5 Å². The number of urea groups is 1. The fourth-order valence-corrected chi connectivity index (χ4v) is 1.31. The summed E-state index contributed by atoms with van der Waals surface area (Å²) in [5.41, 5.74) is 0. The number of alkyl halides is 1. The average Bonchev–Trinajstić information content (AvgIpc) is 2.88. The SMILES string of the molecule is CN(CC1CC1)C(=O)NC(=O)CCCl. The Kier molecular flexibility index (Phi) is 4.20. The molecule has 0 bridgehead atoms. The van der Waals surface area contributed by atoms with Gasteiger partial charge in [-0.3, -0.25) is 10.1 Å². The largest absolute Gasteiger partial charge is 0.327 e. The third-order valence-electron chi connectivity index (χ3n) is 2.14. The fourth-order valence-electron chi connectivity index (χ4n) is 1.13. The molecule has 1 fully saturated rings. The predicted octanol–water partition coefficient (Wildman–Crippen LogP) is 1.19. The van der Waals surface area contributed by atoms with Gasteiger partial charge in [0.05, 0.1) is 0 Å². The number of hydrogen-bond donors (Lipinski definition) is 1. The van der Waals surface area contributed by atoms with Gasteiger partial charge >= 0.3 is 6.03 Å². The van der Waals surface area contributed by atoms with Gasteiger partial charge in [0.15, 0.2) is 0 Å². The Hall–Kier alpha value is -0.770. The van der Waals surface area contributed by atoms with E-state index in [1.807, 2.05) is 0 Å². The molecule has 0 unspecified atom stereocenters. The predicted molar refractivity (Wildman–Crippen MR) is 54.2 cm³/mol. The third kappa shape index (κ3) is 3.96. The highest BCUT2D eigenvalue weighted by Crippen LogP contribution is 2.29. The van der Waals surface area contributed by atoms with Crippen molar-refractivity contribution in [2.24, 2.45) is 5.92 Å². The Morgan fingerprint density at radius 2 is 2.14 bits per heavy atom. The molecule has 0 aromatic carbocycles. The van der Waals surface area contributed by atoms with Crippen LogP contribution in [-0.4, -0.2) is 36.3 Å². The molecule has 3 amide bonds. The smallest absolute Gasteiger partial charge is 0.323 e. The van der Waals surface area contributed by atoms with E-state index in [0.29, 0.717) is 5.92 Å². The standard InChI is InChI=1S/C9H15ClN2O2/c1-12(6-7-2-3-7)9(14)11-8(13)4-5-10/h7H,2-6H2,1H3,(H,11,13,14). The Balaban J connectivity index is 2.21. The van der Waals surface area contributed by atoms with Gasteiger partial charge in [-0.1, -0.05) is 0 Å². The van der Waals surface area contributed by atoms with Gasteiger partial charge in [-0.25, -0.2) is 4.79 Å². The van der Waals surface area contributed by atoms with E-state index in [0.717, 1.165) is 6.54 Å². The van der Waals surface area contributed by atoms with Gasteiger partial charge in [0.25, 0.3) is 0 Å².